The van der Waals surface area contributed by atoms with Crippen LogP contribution in [0.3, 0.4) is 0 Å². The number of nitrogens with one attached hydrogen (secondary N) is 2. The lowest BCUT2D eigenvalue weighted by atomic mass is 10.1. The maximum Gasteiger partial charge on any atom is 0.255 e. The molecule has 0 saturated carbocycles. The number of hydrogen-bond acceptors (Lipinski definition) is 3. The van der Waals surface area contributed by atoms with Crippen LogP contribution in [0.4, 0.5) is 11.4 Å². The first-order valence-corrected chi connectivity index (χ1v) is 6.63. The first kappa shape index (κ1) is 13.5. The van der Waals surface area contributed by atoms with Crippen molar-refractivity contribution in [1.29, 1.82) is 0 Å². The molecule has 0 aliphatic carbocycles. The van der Waals surface area contributed by atoms with Crippen molar-refractivity contribution in [1.82, 2.24) is 0 Å². The predicted molar refractivity (Wildman–Crippen MR) is 79.8 cm³/mol. The zero-order chi connectivity index (χ0) is 15.0. The molecule has 3 N–H and O–H groups in total. The van der Waals surface area contributed by atoms with Gasteiger partial charge < -0.3 is 15.7 Å². The Morgan fingerprint density at radius 1 is 1.24 bits per heavy atom. The fourth-order valence-electron chi connectivity index (χ4n) is 2.14. The molecule has 6 heteroatoms. The van der Waals surface area contributed by atoms with Gasteiger partial charge in [0.1, 0.15) is 5.75 Å². The smallest absolute Gasteiger partial charge is 0.255 e. The molecule has 21 heavy (non-hydrogen) atoms. The van der Waals surface area contributed by atoms with Gasteiger partial charge in [-0.3, -0.25) is 9.59 Å². The first-order valence-electron chi connectivity index (χ1n) is 6.25. The molecule has 0 bridgehead atoms. The zero-order valence-electron chi connectivity index (χ0n) is 10.8. The Kier molecular flexibility index (Phi) is 3.27. The van der Waals surface area contributed by atoms with Gasteiger partial charge in [0.25, 0.3) is 5.91 Å². The molecule has 0 saturated heterocycles. The summed E-state index contributed by atoms with van der Waals surface area (Å²) >= 11 is 5.79. The highest BCUT2D eigenvalue weighted by molar-refractivity contribution is 6.32. The Bertz CT molecular complexity index is 759. The van der Waals surface area contributed by atoms with Crippen molar-refractivity contribution in [3.8, 4) is 5.75 Å². The third-order valence-corrected chi connectivity index (χ3v) is 3.51. The normalized spacial score (nSPS) is 12.7. The van der Waals surface area contributed by atoms with E-state index in [1.165, 1.54) is 12.1 Å². The molecule has 0 atom stereocenters. The van der Waals surface area contributed by atoms with Crippen LogP contribution < -0.4 is 10.6 Å². The molecule has 1 aliphatic heterocycles. The topological polar surface area (TPSA) is 78.4 Å². The molecular formula is C15H11ClN2O3. The number of halogens is 1. The molecule has 0 radical (unpaired) electrons. The van der Waals surface area contributed by atoms with E-state index in [4.69, 9.17) is 11.6 Å². The molecule has 1 aliphatic rings. The van der Waals surface area contributed by atoms with Crippen LogP contribution in [0.2, 0.25) is 5.02 Å². The molecular weight excluding hydrogens is 292 g/mol. The Balaban J connectivity index is 1.81. The number of carbonyl (C=O) groups excluding carboxylic acids is 2. The van der Waals surface area contributed by atoms with Gasteiger partial charge >= 0.3 is 0 Å². The van der Waals surface area contributed by atoms with Crippen LogP contribution in [0.15, 0.2) is 36.4 Å². The second-order valence-electron chi connectivity index (χ2n) is 4.72. The average Bonchev–Trinajstić information content (AvgIpc) is 2.82. The number of aromatic hydroxyl groups is 1. The quantitative estimate of drug-likeness (QED) is 0.746. The van der Waals surface area contributed by atoms with E-state index < -0.39 is 0 Å². The summed E-state index contributed by atoms with van der Waals surface area (Å²) in [6, 6.07) is 9.47. The lowest BCUT2D eigenvalue weighted by Crippen LogP contribution is -2.12. The fourth-order valence-corrected chi connectivity index (χ4v) is 2.32. The van der Waals surface area contributed by atoms with Gasteiger partial charge in [0.15, 0.2) is 0 Å². The summed E-state index contributed by atoms with van der Waals surface area (Å²) in [4.78, 5) is 23.5. The number of fused-ring (bicyclic) bond motifs is 1. The number of amides is 2. The highest BCUT2D eigenvalue weighted by atomic mass is 35.5. The lowest BCUT2D eigenvalue weighted by molar-refractivity contribution is -0.115. The minimum Gasteiger partial charge on any atom is -0.506 e. The minimum absolute atomic E-state index is 0.0464. The van der Waals surface area contributed by atoms with Gasteiger partial charge in [-0.1, -0.05) is 17.7 Å². The number of rotatable bonds is 2. The van der Waals surface area contributed by atoms with E-state index in [2.05, 4.69) is 10.6 Å². The van der Waals surface area contributed by atoms with Gasteiger partial charge in [-0.15, -0.1) is 0 Å². The number of anilines is 2. The summed E-state index contributed by atoms with van der Waals surface area (Å²) in [6.45, 7) is 0. The van der Waals surface area contributed by atoms with Crippen LogP contribution >= 0.6 is 11.6 Å². The van der Waals surface area contributed by atoms with Crippen LogP contribution in [0.1, 0.15) is 15.9 Å². The molecule has 5 nitrogen and oxygen atoms in total. The molecule has 1 heterocycles. The number of carbonyl (C=O) groups is 2. The van der Waals surface area contributed by atoms with Crippen LogP contribution in [0, 0.1) is 0 Å². The second kappa shape index (κ2) is 5.10. The molecule has 2 amide bonds. The Morgan fingerprint density at radius 3 is 2.81 bits per heavy atom. The number of benzene rings is 2. The fraction of sp³-hybridized carbons (Fsp3) is 0.0667. The van der Waals surface area contributed by atoms with E-state index in [9.17, 15) is 14.7 Å². The van der Waals surface area contributed by atoms with Crippen molar-refractivity contribution in [3.63, 3.8) is 0 Å². The van der Waals surface area contributed by atoms with E-state index in [1.54, 1.807) is 24.3 Å². The summed E-state index contributed by atoms with van der Waals surface area (Å²) in [5.74, 6) is -0.441. The monoisotopic (exact) mass is 302 g/mol. The standard InChI is InChI=1S/C15H11ClN2O3/c16-11-7-10(3-4-13(11)19)17-15(21)9-2-1-8-6-14(20)18-12(8)5-9/h1-5,7,19H,6H2,(H,17,21)(H,18,20). The highest BCUT2D eigenvalue weighted by Crippen LogP contribution is 2.27. The maximum atomic E-state index is 12.2. The maximum absolute atomic E-state index is 12.2. The van der Waals surface area contributed by atoms with Crippen molar-refractivity contribution in [2.45, 2.75) is 6.42 Å². The molecule has 0 aromatic heterocycles. The van der Waals surface area contributed by atoms with Crippen molar-refractivity contribution in [3.05, 3.63) is 52.5 Å². The first-order chi connectivity index (χ1) is 10.0. The average molecular weight is 303 g/mol. The summed E-state index contributed by atoms with van der Waals surface area (Å²) in [5, 5.41) is 14.9. The van der Waals surface area contributed by atoms with E-state index in [0.29, 0.717) is 23.4 Å². The molecule has 0 fully saturated rings. The van der Waals surface area contributed by atoms with Gasteiger partial charge in [-0.05, 0) is 35.9 Å². The second-order valence-corrected chi connectivity index (χ2v) is 5.12. The molecule has 3 rings (SSSR count). The van der Waals surface area contributed by atoms with Gasteiger partial charge in [0.05, 0.1) is 11.4 Å². The molecule has 2 aromatic rings. The summed E-state index contributed by atoms with van der Waals surface area (Å²) in [6.07, 6.45) is 0.338. The number of phenolic OH excluding ortho intramolecular Hbond substituents is 1. The third kappa shape index (κ3) is 2.68. The molecule has 0 spiro atoms. The van der Waals surface area contributed by atoms with Crippen LogP contribution in [-0.2, 0) is 11.2 Å². The number of phenols is 1. The Labute approximate surface area is 125 Å². The Hall–Kier alpha value is -2.53. The molecule has 2 aromatic carbocycles. The third-order valence-electron chi connectivity index (χ3n) is 3.20. The largest absolute Gasteiger partial charge is 0.506 e. The van der Waals surface area contributed by atoms with Gasteiger partial charge in [-0.25, -0.2) is 0 Å². The molecule has 0 unspecified atom stereocenters. The van der Waals surface area contributed by atoms with E-state index in [1.807, 2.05) is 0 Å². The van der Waals surface area contributed by atoms with Crippen molar-refractivity contribution in [2.75, 3.05) is 10.6 Å². The minimum atomic E-state index is -0.319. The summed E-state index contributed by atoms with van der Waals surface area (Å²) in [5.41, 5.74) is 2.45. The highest BCUT2D eigenvalue weighted by Gasteiger charge is 2.19. The van der Waals surface area contributed by atoms with E-state index >= 15 is 0 Å². The number of hydrogen-bond donors (Lipinski definition) is 3. The van der Waals surface area contributed by atoms with Crippen LogP contribution in [-0.4, -0.2) is 16.9 Å². The Morgan fingerprint density at radius 2 is 2.05 bits per heavy atom. The van der Waals surface area contributed by atoms with Crippen LogP contribution in [0.25, 0.3) is 0 Å². The van der Waals surface area contributed by atoms with Gasteiger partial charge in [0, 0.05) is 16.9 Å². The summed E-state index contributed by atoms with van der Waals surface area (Å²) in [7, 11) is 0. The summed E-state index contributed by atoms with van der Waals surface area (Å²) < 4.78 is 0. The van der Waals surface area contributed by atoms with Gasteiger partial charge in [0.2, 0.25) is 5.91 Å². The van der Waals surface area contributed by atoms with Gasteiger partial charge in [-0.2, -0.15) is 0 Å². The van der Waals surface area contributed by atoms with Crippen molar-refractivity contribution < 1.29 is 14.7 Å². The molecule has 106 valence electrons. The van der Waals surface area contributed by atoms with E-state index in [-0.39, 0.29) is 22.6 Å². The lowest BCUT2D eigenvalue weighted by Gasteiger charge is -2.07. The predicted octanol–water partition coefficient (Wildman–Crippen LogP) is 2.79. The van der Waals surface area contributed by atoms with E-state index in [0.717, 1.165) is 5.56 Å². The van der Waals surface area contributed by atoms with Crippen molar-refractivity contribution >= 4 is 34.8 Å². The van der Waals surface area contributed by atoms with Crippen molar-refractivity contribution in [2.24, 2.45) is 0 Å². The SMILES string of the molecule is O=C1Cc2ccc(C(=O)Nc3ccc(O)c(Cl)c3)cc2N1. The van der Waals surface area contributed by atoms with Crippen LogP contribution in [0.5, 0.6) is 5.75 Å². The zero-order valence-corrected chi connectivity index (χ0v) is 11.6.